The molecule has 2 aliphatic heterocycles. The first-order valence-corrected chi connectivity index (χ1v) is 11.1. The fourth-order valence-electron chi connectivity index (χ4n) is 5.99. The average Bonchev–Trinajstić information content (AvgIpc) is 3.08. The summed E-state index contributed by atoms with van der Waals surface area (Å²) in [6.45, 7) is 0. The monoisotopic (exact) mass is 494 g/mol. The fraction of sp³-hybridized carbons (Fsp3) is 0.455. The lowest BCUT2D eigenvalue weighted by Gasteiger charge is -2.50. The van der Waals surface area contributed by atoms with Gasteiger partial charge in [0.15, 0.2) is 21.2 Å². The Morgan fingerprint density at radius 3 is 2.42 bits per heavy atom. The first-order valence-electron chi connectivity index (χ1n) is 10.3. The highest BCUT2D eigenvalue weighted by Gasteiger charge is 2.75. The summed E-state index contributed by atoms with van der Waals surface area (Å²) in [4.78, 5) is 48.8. The molecule has 5 rings (SSSR count). The molecule has 0 spiro atoms. The first-order chi connectivity index (χ1) is 15.5. The SMILES string of the molecule is COc1ccc([C@H]2C3=CC[C@@H]4C(=O)N(O)C(=O)[C@@H]4[C@@H]3C[C@@]3(Cl)C(=O)N(C)C(=O)[C@@]23Cl)cc1O. The molecule has 0 radical (unpaired) electrons. The molecule has 1 saturated carbocycles. The van der Waals surface area contributed by atoms with Crippen LogP contribution in [0.3, 0.4) is 0 Å². The third-order valence-corrected chi connectivity index (χ3v) is 8.94. The smallest absolute Gasteiger partial charge is 0.257 e. The molecule has 1 aromatic carbocycles. The summed E-state index contributed by atoms with van der Waals surface area (Å²) in [5, 5.41) is 20.5. The topological polar surface area (TPSA) is 124 Å². The molecule has 2 aliphatic carbocycles. The summed E-state index contributed by atoms with van der Waals surface area (Å²) in [5.74, 6) is -6.33. The maximum Gasteiger partial charge on any atom is 0.257 e. The first kappa shape index (κ1) is 22.2. The van der Waals surface area contributed by atoms with E-state index in [2.05, 4.69) is 0 Å². The van der Waals surface area contributed by atoms with Gasteiger partial charge in [-0.1, -0.05) is 17.7 Å². The molecule has 1 aromatic rings. The molecule has 2 N–H and O–H groups in total. The molecule has 9 nitrogen and oxygen atoms in total. The molecule has 33 heavy (non-hydrogen) atoms. The molecule has 4 aliphatic rings. The van der Waals surface area contributed by atoms with Crippen LogP contribution in [0.2, 0.25) is 0 Å². The summed E-state index contributed by atoms with van der Waals surface area (Å²) in [7, 11) is 2.68. The number of fused-ring (bicyclic) bond motifs is 4. The van der Waals surface area contributed by atoms with Gasteiger partial charge >= 0.3 is 0 Å². The Balaban J connectivity index is 1.75. The van der Waals surface area contributed by atoms with Crippen molar-refractivity contribution in [3.05, 3.63) is 35.4 Å². The van der Waals surface area contributed by atoms with Gasteiger partial charge in [0.2, 0.25) is 0 Å². The van der Waals surface area contributed by atoms with E-state index in [1.165, 1.54) is 26.3 Å². The van der Waals surface area contributed by atoms with Crippen molar-refractivity contribution >= 4 is 46.8 Å². The van der Waals surface area contributed by atoms with Gasteiger partial charge in [-0.15, -0.1) is 23.2 Å². The van der Waals surface area contributed by atoms with Crippen molar-refractivity contribution in [2.75, 3.05) is 14.2 Å². The number of phenols is 1. The van der Waals surface area contributed by atoms with Crippen LogP contribution in [0.1, 0.15) is 24.3 Å². The second kappa shape index (κ2) is 6.94. The van der Waals surface area contributed by atoms with E-state index in [1.807, 2.05) is 0 Å². The zero-order valence-electron chi connectivity index (χ0n) is 17.6. The van der Waals surface area contributed by atoms with Crippen LogP contribution in [-0.2, 0) is 19.2 Å². The minimum absolute atomic E-state index is 0.123. The summed E-state index contributed by atoms with van der Waals surface area (Å²) in [6, 6.07) is 4.49. The number of benzene rings is 1. The molecule has 2 heterocycles. The zero-order chi connectivity index (χ0) is 24.0. The summed E-state index contributed by atoms with van der Waals surface area (Å²) < 4.78 is 5.11. The predicted molar refractivity (Wildman–Crippen MR) is 114 cm³/mol. The van der Waals surface area contributed by atoms with Crippen LogP contribution in [0.15, 0.2) is 29.8 Å². The Morgan fingerprint density at radius 2 is 1.79 bits per heavy atom. The van der Waals surface area contributed by atoms with E-state index in [0.29, 0.717) is 11.1 Å². The van der Waals surface area contributed by atoms with Crippen LogP contribution in [0.5, 0.6) is 11.5 Å². The zero-order valence-corrected chi connectivity index (χ0v) is 19.1. The Morgan fingerprint density at radius 1 is 1.09 bits per heavy atom. The van der Waals surface area contributed by atoms with Crippen LogP contribution >= 0.6 is 23.2 Å². The number of imide groups is 2. The lowest BCUT2D eigenvalue weighted by molar-refractivity contribution is -0.173. The van der Waals surface area contributed by atoms with E-state index in [0.717, 1.165) is 4.90 Å². The Kier molecular flexibility index (Phi) is 4.67. The number of halogens is 2. The van der Waals surface area contributed by atoms with Crippen LogP contribution < -0.4 is 4.74 Å². The number of carbonyl (C=O) groups is 4. The van der Waals surface area contributed by atoms with Crippen molar-refractivity contribution in [2.24, 2.45) is 17.8 Å². The summed E-state index contributed by atoms with van der Waals surface area (Å²) in [6.07, 6.45) is 1.72. The van der Waals surface area contributed by atoms with Crippen LogP contribution in [0, 0.1) is 17.8 Å². The van der Waals surface area contributed by atoms with Crippen LogP contribution in [-0.4, -0.2) is 67.8 Å². The number of nitrogens with zero attached hydrogens (tertiary/aromatic N) is 2. The maximum atomic E-state index is 13.3. The third kappa shape index (κ3) is 2.53. The molecule has 11 heteroatoms. The molecule has 174 valence electrons. The number of hydrogen-bond donors (Lipinski definition) is 2. The molecule has 3 fully saturated rings. The van der Waals surface area contributed by atoms with Gasteiger partial charge in [-0.25, -0.2) is 0 Å². The highest BCUT2D eigenvalue weighted by molar-refractivity contribution is 6.53. The van der Waals surface area contributed by atoms with Gasteiger partial charge in [0.1, 0.15) is 0 Å². The van der Waals surface area contributed by atoms with Gasteiger partial charge in [-0.05, 0) is 36.5 Å². The molecule has 4 amide bonds. The van der Waals surface area contributed by atoms with E-state index in [9.17, 15) is 29.5 Å². The number of alkyl halides is 2. The van der Waals surface area contributed by atoms with E-state index in [4.69, 9.17) is 27.9 Å². The van der Waals surface area contributed by atoms with Gasteiger partial charge in [-0.2, -0.15) is 5.06 Å². The van der Waals surface area contributed by atoms with Gasteiger partial charge in [0.05, 0.1) is 18.9 Å². The van der Waals surface area contributed by atoms with Crippen LogP contribution in [0.4, 0.5) is 0 Å². The molecule has 0 aromatic heterocycles. The molecule has 2 saturated heterocycles. The third-order valence-electron chi connectivity index (χ3n) is 7.53. The Labute approximate surface area is 198 Å². The predicted octanol–water partition coefficient (Wildman–Crippen LogP) is 1.78. The lowest BCUT2D eigenvalue weighted by Crippen LogP contribution is -2.60. The minimum Gasteiger partial charge on any atom is -0.504 e. The summed E-state index contributed by atoms with van der Waals surface area (Å²) >= 11 is 13.9. The van der Waals surface area contributed by atoms with E-state index in [1.54, 1.807) is 12.1 Å². The quantitative estimate of drug-likeness (QED) is 0.277. The normalized spacial score (nSPS) is 37.7. The largest absolute Gasteiger partial charge is 0.504 e. The number of amides is 4. The van der Waals surface area contributed by atoms with Crippen molar-refractivity contribution in [1.82, 2.24) is 9.96 Å². The number of phenolic OH excluding ortho intramolecular Hbond substituents is 1. The maximum absolute atomic E-state index is 13.3. The van der Waals surface area contributed by atoms with Crippen molar-refractivity contribution in [1.29, 1.82) is 0 Å². The standard InChI is InChI=1S/C22H20Cl2N2O7/c1-25-19(30)21(23)8-12-10(4-5-11-15(12)18(29)26(32)17(11)28)16(22(21,24)20(25)31)9-3-6-14(33-2)13(27)7-9/h3-4,6-7,11-12,15-16,27,32H,5,8H2,1-2H3/t11-,12+,15-,16-,21+,22-/m0/s1. The highest BCUT2D eigenvalue weighted by atomic mass is 35.5. The van der Waals surface area contributed by atoms with E-state index >= 15 is 0 Å². The number of hydrogen-bond acceptors (Lipinski definition) is 7. The number of rotatable bonds is 2. The number of likely N-dealkylation sites (tertiary alicyclic amines) is 1. The molecule has 0 unspecified atom stereocenters. The van der Waals surface area contributed by atoms with Gasteiger partial charge in [0.25, 0.3) is 23.6 Å². The van der Waals surface area contributed by atoms with Crippen LogP contribution in [0.25, 0.3) is 0 Å². The molecular weight excluding hydrogens is 475 g/mol. The number of ether oxygens (including phenoxy) is 1. The number of allylic oxidation sites excluding steroid dienone is 2. The number of aromatic hydroxyl groups is 1. The number of carbonyl (C=O) groups excluding carboxylic acids is 4. The van der Waals surface area contributed by atoms with Crippen molar-refractivity contribution in [2.45, 2.75) is 28.5 Å². The van der Waals surface area contributed by atoms with Gasteiger partial charge in [0, 0.05) is 13.0 Å². The second-order valence-corrected chi connectivity index (χ2v) is 10.2. The van der Waals surface area contributed by atoms with Gasteiger partial charge in [-0.3, -0.25) is 29.3 Å². The van der Waals surface area contributed by atoms with E-state index < -0.39 is 57.0 Å². The average molecular weight is 495 g/mol. The minimum atomic E-state index is -1.93. The molecule has 0 bridgehead atoms. The van der Waals surface area contributed by atoms with Gasteiger partial charge < -0.3 is 9.84 Å². The summed E-state index contributed by atoms with van der Waals surface area (Å²) in [5.41, 5.74) is 0.969. The Hall–Kier alpha value is -2.62. The Bertz CT molecular complexity index is 1170. The fourth-order valence-corrected chi connectivity index (χ4v) is 7.01. The van der Waals surface area contributed by atoms with Crippen molar-refractivity contribution in [3.8, 4) is 11.5 Å². The molecular formula is C22H20Cl2N2O7. The van der Waals surface area contributed by atoms with Crippen molar-refractivity contribution < 1.29 is 34.2 Å². The lowest BCUT2D eigenvalue weighted by atomic mass is 9.56. The number of hydroxylamine groups is 2. The number of methoxy groups -OCH3 is 1. The van der Waals surface area contributed by atoms with E-state index in [-0.39, 0.29) is 29.4 Å². The second-order valence-electron chi connectivity index (χ2n) is 8.92. The van der Waals surface area contributed by atoms with Crippen molar-refractivity contribution in [3.63, 3.8) is 0 Å². The highest BCUT2D eigenvalue weighted by Crippen LogP contribution is 2.65. The molecule has 6 atom stereocenters.